The van der Waals surface area contributed by atoms with E-state index in [2.05, 4.69) is 25.3 Å². The van der Waals surface area contributed by atoms with Crippen LogP contribution in [-0.2, 0) is 4.79 Å². The Balaban J connectivity index is 2.44. The molecule has 1 aliphatic rings. The number of nitrogens with one attached hydrogen (secondary N) is 1. The molecule has 2 heteroatoms. The second-order valence-corrected chi connectivity index (χ2v) is 3.31. The predicted molar refractivity (Wildman–Crippen MR) is 48.9 cm³/mol. The second kappa shape index (κ2) is 4.21. The van der Waals surface area contributed by atoms with Gasteiger partial charge in [-0.25, -0.2) is 0 Å². The first-order valence-electron chi connectivity index (χ1n) is 4.38. The van der Waals surface area contributed by atoms with Crippen molar-refractivity contribution in [3.8, 4) is 0 Å². The average molecular weight is 166 g/mol. The zero-order valence-electron chi connectivity index (χ0n) is 7.76. The molecule has 0 aromatic carbocycles. The molecule has 0 aromatic heterocycles. The third-order valence-electron chi connectivity index (χ3n) is 2.15. The van der Waals surface area contributed by atoms with Crippen LogP contribution >= 0.6 is 0 Å². The molecule has 12 heavy (non-hydrogen) atoms. The number of rotatable bonds is 3. The van der Waals surface area contributed by atoms with E-state index in [9.17, 15) is 4.79 Å². The van der Waals surface area contributed by atoms with Gasteiger partial charge in [0.15, 0.2) is 0 Å². The van der Waals surface area contributed by atoms with Crippen molar-refractivity contribution in [1.82, 2.24) is 0 Å². The lowest BCUT2D eigenvalue weighted by Gasteiger charge is -2.16. The molecule has 0 saturated carbocycles. The Morgan fingerprint density at radius 3 is 3.00 bits per heavy atom. The Morgan fingerprint density at radius 2 is 2.42 bits per heavy atom. The van der Waals surface area contributed by atoms with Crippen molar-refractivity contribution in [2.24, 2.45) is 0 Å². The van der Waals surface area contributed by atoms with Gasteiger partial charge in [-0.15, -0.1) is 0 Å². The van der Waals surface area contributed by atoms with Gasteiger partial charge in [-0.1, -0.05) is 6.08 Å². The second-order valence-electron chi connectivity index (χ2n) is 3.31. The van der Waals surface area contributed by atoms with Crippen LogP contribution in [0, 0.1) is 0 Å². The van der Waals surface area contributed by atoms with Crippen molar-refractivity contribution in [3.05, 3.63) is 23.9 Å². The van der Waals surface area contributed by atoms with Crippen LogP contribution < -0.4 is 4.90 Å². The minimum Gasteiger partial charge on any atom is -0.305 e. The van der Waals surface area contributed by atoms with Crippen molar-refractivity contribution < 1.29 is 9.69 Å². The van der Waals surface area contributed by atoms with Gasteiger partial charge in [0.25, 0.3) is 0 Å². The molecule has 66 valence electrons. The molecule has 1 heterocycles. The molecule has 0 saturated heterocycles. The Bertz CT molecular complexity index is 228. The Labute approximate surface area is 73.6 Å². The van der Waals surface area contributed by atoms with Gasteiger partial charge in [0.2, 0.25) is 0 Å². The molecule has 0 aromatic rings. The van der Waals surface area contributed by atoms with Crippen molar-refractivity contribution in [2.45, 2.75) is 19.8 Å². The maximum Gasteiger partial charge on any atom is 0.130 e. The van der Waals surface area contributed by atoms with E-state index < -0.39 is 0 Å². The monoisotopic (exact) mass is 166 g/mol. The molecule has 0 radical (unpaired) electrons. The first-order chi connectivity index (χ1) is 5.70. The van der Waals surface area contributed by atoms with E-state index >= 15 is 0 Å². The molecule has 0 bridgehead atoms. The lowest BCUT2D eigenvalue weighted by molar-refractivity contribution is -0.834. The minimum absolute atomic E-state index is 0.276. The summed E-state index contributed by atoms with van der Waals surface area (Å²) in [7, 11) is 2.13. The van der Waals surface area contributed by atoms with Crippen molar-refractivity contribution in [2.75, 3.05) is 13.6 Å². The molecule has 0 amide bonds. The number of ketones is 1. The topological polar surface area (TPSA) is 21.5 Å². The van der Waals surface area contributed by atoms with Gasteiger partial charge in [0.1, 0.15) is 18.0 Å². The quantitative estimate of drug-likeness (QED) is 0.641. The molecule has 1 unspecified atom stereocenters. The molecule has 1 aliphatic heterocycles. The first kappa shape index (κ1) is 9.20. The van der Waals surface area contributed by atoms with Crippen molar-refractivity contribution >= 4 is 5.78 Å². The van der Waals surface area contributed by atoms with Gasteiger partial charge in [0, 0.05) is 12.8 Å². The zero-order valence-corrected chi connectivity index (χ0v) is 7.76. The highest BCUT2D eigenvalue weighted by atomic mass is 16.1. The van der Waals surface area contributed by atoms with Crippen LogP contribution in [0.25, 0.3) is 0 Å². The van der Waals surface area contributed by atoms with Gasteiger partial charge < -0.3 is 9.69 Å². The summed E-state index contributed by atoms with van der Waals surface area (Å²) in [6.07, 6.45) is 7.92. The lowest BCUT2D eigenvalue weighted by atomic mass is 10.1. The lowest BCUT2D eigenvalue weighted by Crippen LogP contribution is -3.07. The van der Waals surface area contributed by atoms with Crippen molar-refractivity contribution in [1.29, 1.82) is 0 Å². The van der Waals surface area contributed by atoms with E-state index in [4.69, 9.17) is 0 Å². The van der Waals surface area contributed by atoms with Crippen LogP contribution in [0.5, 0.6) is 0 Å². The molecule has 0 spiro atoms. The van der Waals surface area contributed by atoms with Gasteiger partial charge in [0.05, 0.1) is 7.05 Å². The smallest absolute Gasteiger partial charge is 0.130 e. The predicted octanol–water partition coefficient (Wildman–Crippen LogP) is 0.324. The van der Waals surface area contributed by atoms with Gasteiger partial charge in [-0.2, -0.15) is 0 Å². The first-order valence-corrected chi connectivity index (χ1v) is 4.38. The van der Waals surface area contributed by atoms with E-state index in [1.807, 2.05) is 0 Å². The third kappa shape index (κ3) is 2.62. The summed E-state index contributed by atoms with van der Waals surface area (Å²) in [4.78, 5) is 12.1. The van der Waals surface area contributed by atoms with E-state index in [1.165, 1.54) is 10.6 Å². The SMILES string of the molecule is CC(=O)CCC1=CC=CC[NH+]1C. The summed E-state index contributed by atoms with van der Waals surface area (Å²) in [5.41, 5.74) is 1.34. The van der Waals surface area contributed by atoms with Crippen LogP contribution in [-0.4, -0.2) is 19.4 Å². The molecule has 2 nitrogen and oxygen atoms in total. The minimum atomic E-state index is 0.276. The van der Waals surface area contributed by atoms with E-state index in [0.717, 1.165) is 13.0 Å². The summed E-state index contributed by atoms with van der Waals surface area (Å²) in [6.45, 7) is 2.69. The maximum atomic E-state index is 10.7. The number of hydrogen-bond donors (Lipinski definition) is 1. The van der Waals surface area contributed by atoms with Crippen LogP contribution in [0.4, 0.5) is 0 Å². The molecule has 1 atom stereocenters. The summed E-state index contributed by atoms with van der Waals surface area (Å²) in [5.74, 6) is 0.276. The fraction of sp³-hybridized carbons (Fsp3) is 0.500. The summed E-state index contributed by atoms with van der Waals surface area (Å²) in [6, 6.07) is 0. The van der Waals surface area contributed by atoms with Gasteiger partial charge in [-0.05, 0) is 19.1 Å². The Hall–Kier alpha value is -0.890. The normalized spacial score (nSPS) is 22.2. The molecular weight excluding hydrogens is 150 g/mol. The fourth-order valence-corrected chi connectivity index (χ4v) is 1.31. The number of allylic oxidation sites excluding steroid dienone is 3. The van der Waals surface area contributed by atoms with Crippen LogP contribution in [0.1, 0.15) is 19.8 Å². The van der Waals surface area contributed by atoms with Gasteiger partial charge in [-0.3, -0.25) is 0 Å². The fourth-order valence-electron chi connectivity index (χ4n) is 1.31. The number of carbonyl (C=O) groups excluding carboxylic acids is 1. The van der Waals surface area contributed by atoms with Crippen LogP contribution in [0.15, 0.2) is 23.9 Å². The van der Waals surface area contributed by atoms with Gasteiger partial charge >= 0.3 is 0 Å². The van der Waals surface area contributed by atoms with Crippen LogP contribution in [0.2, 0.25) is 0 Å². The third-order valence-corrected chi connectivity index (χ3v) is 2.15. The molecule has 1 rings (SSSR count). The Kier molecular flexibility index (Phi) is 3.23. The number of carbonyl (C=O) groups is 1. The van der Waals surface area contributed by atoms with E-state index in [-0.39, 0.29) is 5.78 Å². The molecular formula is C10H16NO+. The summed E-state index contributed by atoms with van der Waals surface area (Å²) < 4.78 is 0. The summed E-state index contributed by atoms with van der Waals surface area (Å²) in [5, 5.41) is 0. The highest BCUT2D eigenvalue weighted by molar-refractivity contribution is 5.75. The standard InChI is InChI=1S/C10H15NO/c1-9(12)6-7-10-5-3-4-8-11(10)2/h3-5H,6-8H2,1-2H3/p+1. The Morgan fingerprint density at radius 1 is 1.67 bits per heavy atom. The molecule has 0 fully saturated rings. The zero-order chi connectivity index (χ0) is 8.97. The number of hydrogen-bond acceptors (Lipinski definition) is 1. The maximum absolute atomic E-state index is 10.7. The summed E-state index contributed by atoms with van der Waals surface area (Å²) >= 11 is 0. The number of likely N-dealkylation sites (N-methyl/N-ethyl adjacent to an activating group) is 1. The number of Topliss-reactive ketones (excluding diaryl/α,β-unsaturated/α-hetero) is 1. The molecule has 0 aliphatic carbocycles. The highest BCUT2D eigenvalue weighted by Gasteiger charge is 2.11. The van der Waals surface area contributed by atoms with E-state index in [0.29, 0.717) is 6.42 Å². The van der Waals surface area contributed by atoms with Crippen LogP contribution in [0.3, 0.4) is 0 Å². The largest absolute Gasteiger partial charge is 0.305 e. The average Bonchev–Trinajstić information content (AvgIpc) is 2.03. The number of quaternary nitrogens is 1. The highest BCUT2D eigenvalue weighted by Crippen LogP contribution is 2.00. The van der Waals surface area contributed by atoms with E-state index in [1.54, 1.807) is 6.92 Å². The molecule has 1 N–H and O–H groups in total. The van der Waals surface area contributed by atoms with Crippen molar-refractivity contribution in [3.63, 3.8) is 0 Å².